The minimum atomic E-state index is -0.980. The van der Waals surface area contributed by atoms with Gasteiger partial charge in [0, 0.05) is 24.0 Å². The zero-order valence-corrected chi connectivity index (χ0v) is 30.1. The Balaban J connectivity index is 1.42. The van der Waals surface area contributed by atoms with Crippen LogP contribution in [-0.4, -0.2) is 49.9 Å². The number of hydrogen-bond acceptors (Lipinski definition) is 6. The molecule has 10 atom stereocenters. The third-order valence-corrected chi connectivity index (χ3v) is 14.2. The highest BCUT2D eigenvalue weighted by molar-refractivity contribution is 5.83. The maximum Gasteiger partial charge on any atom is 0.314 e. The van der Waals surface area contributed by atoms with Crippen LogP contribution in [0, 0.1) is 57.7 Å². The number of hydrogen-bond donors (Lipinski definition) is 1. The summed E-state index contributed by atoms with van der Waals surface area (Å²) in [5.74, 6) is 1.48. The quantitative estimate of drug-likeness (QED) is 0.124. The van der Waals surface area contributed by atoms with Crippen LogP contribution in [0.25, 0.3) is 0 Å². The highest BCUT2D eigenvalue weighted by atomic mass is 16.7. The second-order valence-electron chi connectivity index (χ2n) is 16.3. The number of allylic oxidation sites excluding steroid dienone is 1. The van der Waals surface area contributed by atoms with Crippen molar-refractivity contribution in [3.8, 4) is 0 Å². The van der Waals surface area contributed by atoms with E-state index < -0.39 is 34.7 Å². The molecule has 2 aromatic carbocycles. The van der Waals surface area contributed by atoms with Crippen molar-refractivity contribution < 1.29 is 28.8 Å². The van der Waals surface area contributed by atoms with E-state index in [1.807, 2.05) is 49.4 Å². The summed E-state index contributed by atoms with van der Waals surface area (Å²) in [6.07, 6.45) is 6.34. The standard InChI is InChI=1S/C43H58O6/c1-6-30(20-21-46-7-2)24-37(44)41-27-34-29(5)18-19-35(34)42(40-47-22-23-48-40)26-33(41)25-36(28(3)4)43(41,42)39(45)49-38(31-14-10-8-11-15-31)32-16-12-9-13-17-32/h6,8-17,28-30,33-38,40,44H,1,7,18-27H2,2-5H3/t29-,30?,33?,34-,35-,36?,37?,41?,42?,43-/m1/s1. The summed E-state index contributed by atoms with van der Waals surface area (Å²) in [5, 5.41) is 13.1. The van der Waals surface area contributed by atoms with Crippen molar-refractivity contribution in [2.45, 2.75) is 91.1 Å². The Morgan fingerprint density at radius 1 is 1.02 bits per heavy atom. The fraction of sp³-hybridized carbons (Fsp3) is 0.651. The molecule has 1 N–H and O–H groups in total. The summed E-state index contributed by atoms with van der Waals surface area (Å²) in [7, 11) is 0. The van der Waals surface area contributed by atoms with E-state index in [1.165, 1.54) is 0 Å². The first-order valence-electron chi connectivity index (χ1n) is 19.2. The van der Waals surface area contributed by atoms with Gasteiger partial charge in [-0.25, -0.2) is 0 Å². The fourth-order valence-electron chi connectivity index (χ4n) is 12.5. The van der Waals surface area contributed by atoms with Crippen LogP contribution < -0.4 is 0 Å². The van der Waals surface area contributed by atoms with Gasteiger partial charge >= 0.3 is 5.97 Å². The second-order valence-corrected chi connectivity index (χ2v) is 16.3. The van der Waals surface area contributed by atoms with Crippen molar-refractivity contribution >= 4 is 5.97 Å². The third-order valence-electron chi connectivity index (χ3n) is 14.2. The second kappa shape index (κ2) is 13.9. The zero-order chi connectivity index (χ0) is 34.4. The number of fused-ring (bicyclic) bond motifs is 2. The molecular weight excluding hydrogens is 612 g/mol. The molecule has 5 aliphatic rings. The topological polar surface area (TPSA) is 74.2 Å². The van der Waals surface area contributed by atoms with Crippen molar-refractivity contribution in [2.24, 2.45) is 57.7 Å². The van der Waals surface area contributed by atoms with Gasteiger partial charge in [-0.2, -0.15) is 0 Å². The number of benzene rings is 2. The largest absolute Gasteiger partial charge is 0.452 e. The average Bonchev–Trinajstić information content (AvgIpc) is 3.89. The Bertz CT molecular complexity index is 1400. The van der Waals surface area contributed by atoms with Gasteiger partial charge < -0.3 is 24.1 Å². The molecule has 2 aromatic rings. The number of aliphatic hydroxyl groups is 1. The summed E-state index contributed by atoms with van der Waals surface area (Å²) >= 11 is 0. The van der Waals surface area contributed by atoms with Crippen LogP contribution in [0.5, 0.6) is 0 Å². The van der Waals surface area contributed by atoms with Crippen LogP contribution in [0.15, 0.2) is 73.3 Å². The Morgan fingerprint density at radius 3 is 2.27 bits per heavy atom. The highest BCUT2D eigenvalue weighted by Crippen LogP contribution is 2.87. The van der Waals surface area contributed by atoms with E-state index in [0.717, 1.165) is 49.7 Å². The molecule has 49 heavy (non-hydrogen) atoms. The van der Waals surface area contributed by atoms with Crippen molar-refractivity contribution in [1.29, 1.82) is 0 Å². The van der Waals surface area contributed by atoms with E-state index in [4.69, 9.17) is 18.9 Å². The lowest BCUT2D eigenvalue weighted by Gasteiger charge is -2.64. The maximum atomic E-state index is 16.1. The fourth-order valence-corrected chi connectivity index (χ4v) is 12.5. The van der Waals surface area contributed by atoms with E-state index in [2.05, 4.69) is 51.6 Å². The van der Waals surface area contributed by atoms with Crippen LogP contribution in [0.3, 0.4) is 0 Å². The molecule has 0 aromatic heterocycles. The first kappa shape index (κ1) is 34.9. The van der Waals surface area contributed by atoms with Gasteiger partial charge in [-0.15, -0.1) is 6.58 Å². The molecule has 266 valence electrons. The van der Waals surface area contributed by atoms with E-state index in [0.29, 0.717) is 44.7 Å². The number of rotatable bonds is 14. The Morgan fingerprint density at radius 2 is 1.67 bits per heavy atom. The molecule has 4 bridgehead atoms. The van der Waals surface area contributed by atoms with E-state index in [9.17, 15) is 5.11 Å². The van der Waals surface area contributed by atoms with E-state index >= 15 is 4.79 Å². The molecule has 7 rings (SSSR count). The van der Waals surface area contributed by atoms with Gasteiger partial charge in [-0.1, -0.05) is 93.9 Å². The molecule has 6 unspecified atom stereocenters. The van der Waals surface area contributed by atoms with Crippen molar-refractivity contribution in [2.75, 3.05) is 26.4 Å². The molecule has 6 heteroatoms. The van der Waals surface area contributed by atoms with E-state index in [-0.39, 0.29) is 35.6 Å². The summed E-state index contributed by atoms with van der Waals surface area (Å²) in [6, 6.07) is 20.3. The number of carbonyl (C=O) groups excluding carboxylic acids is 1. The first-order chi connectivity index (χ1) is 23.8. The molecule has 4 saturated carbocycles. The third kappa shape index (κ3) is 5.21. The minimum absolute atomic E-state index is 0.0239. The van der Waals surface area contributed by atoms with Gasteiger partial charge in [0.05, 0.1) is 24.7 Å². The van der Waals surface area contributed by atoms with Gasteiger partial charge in [-0.3, -0.25) is 4.79 Å². The predicted molar refractivity (Wildman–Crippen MR) is 190 cm³/mol. The predicted octanol–water partition coefficient (Wildman–Crippen LogP) is 8.39. The van der Waals surface area contributed by atoms with Crippen molar-refractivity contribution in [3.63, 3.8) is 0 Å². The normalized spacial score (nSPS) is 36.3. The van der Waals surface area contributed by atoms with Crippen LogP contribution in [0.2, 0.25) is 0 Å². The smallest absolute Gasteiger partial charge is 0.314 e. The van der Waals surface area contributed by atoms with Gasteiger partial charge in [0.1, 0.15) is 0 Å². The van der Waals surface area contributed by atoms with Gasteiger partial charge in [0.15, 0.2) is 12.4 Å². The monoisotopic (exact) mass is 670 g/mol. The summed E-state index contributed by atoms with van der Waals surface area (Å²) in [5.41, 5.74) is -0.334. The van der Waals surface area contributed by atoms with Gasteiger partial charge in [0.25, 0.3) is 0 Å². The van der Waals surface area contributed by atoms with Gasteiger partial charge in [0.2, 0.25) is 0 Å². The summed E-state index contributed by atoms with van der Waals surface area (Å²) in [6.45, 7) is 15.5. The molecule has 1 heterocycles. The number of carbonyl (C=O) groups is 1. The first-order valence-corrected chi connectivity index (χ1v) is 19.2. The van der Waals surface area contributed by atoms with Gasteiger partial charge in [-0.05, 0) is 98.0 Å². The maximum absolute atomic E-state index is 16.1. The SMILES string of the molecule is C=CC(CCOCC)CC(O)C12C[C@@H]3[C@H](C)CC[C@H]3C3(C4OCCO4)CC1CC(C(C)C)[C@@]23C(=O)OC(c1ccccc1)c1ccccc1. The molecular formula is C43H58O6. The average molecular weight is 671 g/mol. The van der Waals surface area contributed by atoms with Crippen LogP contribution in [0.1, 0.15) is 89.9 Å². The van der Waals surface area contributed by atoms with Crippen molar-refractivity contribution in [3.05, 3.63) is 84.4 Å². The van der Waals surface area contributed by atoms with Crippen LogP contribution in [-0.2, 0) is 23.7 Å². The lowest BCUT2D eigenvalue weighted by molar-refractivity contribution is -0.278. The number of ether oxygens (including phenoxy) is 4. The lowest BCUT2D eigenvalue weighted by Crippen LogP contribution is -2.69. The molecule has 5 fully saturated rings. The molecule has 1 saturated heterocycles. The molecule has 1 aliphatic heterocycles. The molecule has 0 radical (unpaired) electrons. The molecule has 6 nitrogen and oxygen atoms in total. The number of aliphatic hydroxyl groups excluding tert-OH is 1. The molecule has 0 spiro atoms. The van der Waals surface area contributed by atoms with Crippen LogP contribution >= 0.6 is 0 Å². The Hall–Kier alpha value is -2.51. The van der Waals surface area contributed by atoms with E-state index in [1.54, 1.807) is 0 Å². The summed E-state index contributed by atoms with van der Waals surface area (Å²) < 4.78 is 26.1. The zero-order valence-electron chi connectivity index (χ0n) is 30.1. The number of esters is 1. The Labute approximate surface area is 293 Å². The molecule has 0 amide bonds. The Kier molecular flexibility index (Phi) is 9.90. The lowest BCUT2D eigenvalue weighted by atomic mass is 9.40. The van der Waals surface area contributed by atoms with Crippen LogP contribution in [0.4, 0.5) is 0 Å². The summed E-state index contributed by atoms with van der Waals surface area (Å²) in [4.78, 5) is 16.1. The highest BCUT2D eigenvalue weighted by Gasteiger charge is 2.89. The molecule has 4 aliphatic carbocycles. The minimum Gasteiger partial charge on any atom is -0.452 e. The van der Waals surface area contributed by atoms with Crippen molar-refractivity contribution in [1.82, 2.24) is 0 Å².